The van der Waals surface area contributed by atoms with Crippen LogP contribution in [0, 0.1) is 0 Å². The second-order valence-electron chi connectivity index (χ2n) is 6.01. The number of benzene rings is 1. The van der Waals surface area contributed by atoms with Gasteiger partial charge in [0, 0.05) is 0 Å². The number of piperidine rings is 1. The molecule has 1 aromatic rings. The molecule has 0 aromatic heterocycles. The summed E-state index contributed by atoms with van der Waals surface area (Å²) in [5, 5.41) is 21.6. The van der Waals surface area contributed by atoms with E-state index in [1.807, 2.05) is 18.2 Å². The van der Waals surface area contributed by atoms with Crippen LogP contribution in [0.4, 0.5) is 13.2 Å². The van der Waals surface area contributed by atoms with Crippen LogP contribution in [0.3, 0.4) is 0 Å². The highest BCUT2D eigenvalue weighted by Crippen LogP contribution is 2.27. The van der Waals surface area contributed by atoms with Gasteiger partial charge in [-0.25, -0.2) is 4.79 Å². The fourth-order valence-corrected chi connectivity index (χ4v) is 2.52. The molecule has 1 aromatic carbocycles. The number of rotatable bonds is 4. The van der Waals surface area contributed by atoms with Gasteiger partial charge in [0.2, 0.25) is 5.91 Å². The third-order valence-electron chi connectivity index (χ3n) is 3.96. The van der Waals surface area contributed by atoms with Crippen molar-refractivity contribution in [2.75, 3.05) is 6.54 Å². The molecule has 1 heterocycles. The predicted molar refractivity (Wildman–Crippen MR) is 89.1 cm³/mol. The highest BCUT2D eigenvalue weighted by Gasteiger charge is 2.38. The van der Waals surface area contributed by atoms with Crippen LogP contribution in [0.25, 0.3) is 0 Å². The second kappa shape index (κ2) is 9.91. The Kier molecular flexibility index (Phi) is 8.23. The maximum atomic E-state index is 12.1. The van der Waals surface area contributed by atoms with Crippen LogP contribution in [0.15, 0.2) is 30.3 Å². The number of alkyl halides is 3. The van der Waals surface area contributed by atoms with Gasteiger partial charge >= 0.3 is 18.1 Å². The van der Waals surface area contributed by atoms with Gasteiger partial charge in [-0.3, -0.25) is 9.59 Å². The zero-order chi connectivity index (χ0) is 20.6. The van der Waals surface area contributed by atoms with Gasteiger partial charge in [-0.15, -0.1) is 0 Å². The maximum Gasteiger partial charge on any atom is 0.490 e. The lowest BCUT2D eigenvalue weighted by molar-refractivity contribution is -0.192. The molecule has 2 rings (SSSR count). The number of nitrogens with one attached hydrogen (secondary N) is 2. The van der Waals surface area contributed by atoms with Crippen LogP contribution in [0.2, 0.25) is 0 Å². The number of carbonyl (C=O) groups is 3. The highest BCUT2D eigenvalue weighted by atomic mass is 19.4. The molecule has 1 fully saturated rings. The van der Waals surface area contributed by atoms with E-state index in [-0.39, 0.29) is 11.9 Å². The van der Waals surface area contributed by atoms with E-state index >= 15 is 0 Å². The lowest BCUT2D eigenvalue weighted by atomic mass is 9.86. The third kappa shape index (κ3) is 7.65. The van der Waals surface area contributed by atoms with E-state index in [1.165, 1.54) is 12.5 Å². The first-order valence-electron chi connectivity index (χ1n) is 8.14. The molecule has 150 valence electrons. The Morgan fingerprint density at radius 3 is 2.22 bits per heavy atom. The van der Waals surface area contributed by atoms with E-state index in [2.05, 4.69) is 22.8 Å². The third-order valence-corrected chi connectivity index (χ3v) is 3.96. The quantitative estimate of drug-likeness (QED) is 0.623. The lowest BCUT2D eigenvalue weighted by Crippen LogP contribution is -2.51. The molecule has 0 aliphatic carbocycles. The normalized spacial score (nSPS) is 20.6. The highest BCUT2D eigenvalue weighted by molar-refractivity contribution is 5.86. The molecule has 1 aliphatic rings. The summed E-state index contributed by atoms with van der Waals surface area (Å²) < 4.78 is 31.7. The van der Waals surface area contributed by atoms with Gasteiger partial charge in [-0.2, -0.15) is 13.2 Å². The molecule has 0 saturated carbocycles. The number of halogens is 3. The standard InChI is InChI=1S/C15H20N2O3.C2HF3O2/c1-10(15(19)20)17-14(18)13-9-12(7-8-16-13)11-5-3-2-4-6-11;3-2(4,5)1(6)7/h2-6,10,12-13,16H,7-9H2,1H3,(H,17,18)(H,19,20);(H,6,7)/t10?,12-,13+;/m0./s1. The Morgan fingerprint density at radius 2 is 1.74 bits per heavy atom. The van der Waals surface area contributed by atoms with Crippen LogP contribution in [-0.4, -0.2) is 52.9 Å². The number of carboxylic acids is 2. The zero-order valence-corrected chi connectivity index (χ0v) is 14.5. The van der Waals surface area contributed by atoms with E-state index in [0.29, 0.717) is 12.3 Å². The van der Waals surface area contributed by atoms with E-state index in [9.17, 15) is 22.8 Å². The van der Waals surface area contributed by atoms with E-state index in [0.717, 1.165) is 13.0 Å². The Bertz CT molecular complexity index is 652. The monoisotopic (exact) mass is 390 g/mol. The molecule has 27 heavy (non-hydrogen) atoms. The number of carbonyl (C=O) groups excluding carboxylic acids is 1. The number of carboxylic acid groups (broad SMARTS) is 2. The number of amides is 1. The Labute approximate surface area is 153 Å². The number of hydrogen-bond donors (Lipinski definition) is 4. The molecule has 0 bridgehead atoms. The number of aliphatic carboxylic acids is 2. The van der Waals surface area contributed by atoms with Crippen molar-refractivity contribution in [2.45, 2.75) is 43.9 Å². The van der Waals surface area contributed by atoms with Gasteiger partial charge in [0.1, 0.15) is 6.04 Å². The van der Waals surface area contributed by atoms with Crippen molar-refractivity contribution >= 4 is 17.8 Å². The molecule has 0 radical (unpaired) electrons. The van der Waals surface area contributed by atoms with Crippen LogP contribution in [0.5, 0.6) is 0 Å². The molecule has 1 aliphatic heterocycles. The van der Waals surface area contributed by atoms with Crippen molar-refractivity contribution in [3.63, 3.8) is 0 Å². The van der Waals surface area contributed by atoms with E-state index in [1.54, 1.807) is 0 Å². The largest absolute Gasteiger partial charge is 0.490 e. The molecular formula is C17H21F3N2O5. The van der Waals surface area contributed by atoms with Crippen molar-refractivity contribution in [3.8, 4) is 0 Å². The first kappa shape index (κ1) is 22.4. The summed E-state index contributed by atoms with van der Waals surface area (Å²) in [6.45, 7) is 2.23. The van der Waals surface area contributed by atoms with Crippen molar-refractivity contribution in [3.05, 3.63) is 35.9 Å². The molecule has 1 saturated heterocycles. The van der Waals surface area contributed by atoms with Gasteiger partial charge in [0.25, 0.3) is 0 Å². The summed E-state index contributed by atoms with van der Waals surface area (Å²) in [5.74, 6) is -3.67. The first-order chi connectivity index (χ1) is 12.5. The SMILES string of the molecule is CC(NC(=O)[C@H]1C[C@@H](c2ccccc2)CCN1)C(=O)O.O=C(O)C(F)(F)F. The molecule has 7 nitrogen and oxygen atoms in total. The first-order valence-corrected chi connectivity index (χ1v) is 8.14. The fourth-order valence-electron chi connectivity index (χ4n) is 2.52. The Balaban J connectivity index is 0.000000445. The van der Waals surface area contributed by atoms with Crippen molar-refractivity contribution < 1.29 is 37.8 Å². The van der Waals surface area contributed by atoms with E-state index < -0.39 is 24.2 Å². The van der Waals surface area contributed by atoms with Crippen molar-refractivity contribution in [1.82, 2.24) is 10.6 Å². The van der Waals surface area contributed by atoms with E-state index in [4.69, 9.17) is 15.0 Å². The summed E-state index contributed by atoms with van der Waals surface area (Å²) in [5.41, 5.74) is 1.23. The Hall–Kier alpha value is -2.62. The molecule has 1 amide bonds. The molecule has 1 unspecified atom stereocenters. The minimum atomic E-state index is -5.08. The fraction of sp³-hybridized carbons (Fsp3) is 0.471. The van der Waals surface area contributed by atoms with Crippen molar-refractivity contribution in [1.29, 1.82) is 0 Å². The van der Waals surface area contributed by atoms with Crippen LogP contribution < -0.4 is 10.6 Å². The molecule has 10 heteroatoms. The van der Waals surface area contributed by atoms with Crippen LogP contribution >= 0.6 is 0 Å². The molecule has 0 spiro atoms. The minimum Gasteiger partial charge on any atom is -0.480 e. The van der Waals surface area contributed by atoms with Crippen LogP contribution in [0.1, 0.15) is 31.2 Å². The predicted octanol–water partition coefficient (Wildman–Crippen LogP) is 1.74. The smallest absolute Gasteiger partial charge is 0.480 e. The summed E-state index contributed by atoms with van der Waals surface area (Å²) in [7, 11) is 0. The molecule has 4 N–H and O–H groups in total. The summed E-state index contributed by atoms with van der Waals surface area (Å²) in [6.07, 6.45) is -3.40. The molecular weight excluding hydrogens is 369 g/mol. The summed E-state index contributed by atoms with van der Waals surface area (Å²) >= 11 is 0. The lowest BCUT2D eigenvalue weighted by Gasteiger charge is -2.30. The van der Waals surface area contributed by atoms with Gasteiger partial charge < -0.3 is 20.8 Å². The molecule has 3 atom stereocenters. The van der Waals surface area contributed by atoms with Gasteiger partial charge in [-0.05, 0) is 37.8 Å². The second-order valence-corrected chi connectivity index (χ2v) is 6.01. The number of hydrogen-bond acceptors (Lipinski definition) is 4. The van der Waals surface area contributed by atoms with Gasteiger partial charge in [0.05, 0.1) is 6.04 Å². The summed E-state index contributed by atoms with van der Waals surface area (Å²) in [6, 6.07) is 8.94. The van der Waals surface area contributed by atoms with Gasteiger partial charge in [-0.1, -0.05) is 30.3 Å². The minimum absolute atomic E-state index is 0.236. The van der Waals surface area contributed by atoms with Crippen molar-refractivity contribution in [2.24, 2.45) is 0 Å². The Morgan fingerprint density at radius 1 is 1.19 bits per heavy atom. The average Bonchev–Trinajstić information content (AvgIpc) is 2.62. The van der Waals surface area contributed by atoms with Crippen LogP contribution in [-0.2, 0) is 14.4 Å². The summed E-state index contributed by atoms with van der Waals surface area (Å²) in [4.78, 5) is 31.7. The zero-order valence-electron chi connectivity index (χ0n) is 14.5. The topological polar surface area (TPSA) is 116 Å². The maximum absolute atomic E-state index is 12.1. The average molecular weight is 390 g/mol. The van der Waals surface area contributed by atoms with Gasteiger partial charge in [0.15, 0.2) is 0 Å².